The van der Waals surface area contributed by atoms with Gasteiger partial charge in [0.25, 0.3) is 0 Å². The van der Waals surface area contributed by atoms with Crippen molar-refractivity contribution in [2.45, 2.75) is 13.1 Å². The summed E-state index contributed by atoms with van der Waals surface area (Å²) in [5.74, 6) is -1.24. The molecule has 0 aromatic heterocycles. The number of nitriles is 1. The van der Waals surface area contributed by atoms with Crippen molar-refractivity contribution in [2.75, 3.05) is 6.61 Å². The lowest BCUT2D eigenvalue weighted by molar-refractivity contribution is -0.183. The molecular formula is C8H7F3N2O2. The van der Waals surface area contributed by atoms with Crippen LogP contribution in [0.5, 0.6) is 0 Å². The third-order valence-electron chi connectivity index (χ3n) is 1.29. The minimum absolute atomic E-state index is 0.309. The molecule has 0 heterocycles. The molecule has 0 spiro atoms. The maximum atomic E-state index is 11.7. The van der Waals surface area contributed by atoms with Crippen LogP contribution in [0.15, 0.2) is 16.3 Å². The van der Waals surface area contributed by atoms with Crippen LogP contribution in [0.1, 0.15) is 6.92 Å². The van der Waals surface area contributed by atoms with E-state index in [-0.39, 0.29) is 11.3 Å². The van der Waals surface area contributed by atoms with Gasteiger partial charge in [0.1, 0.15) is 11.8 Å². The molecule has 0 aromatic rings. The molecule has 0 saturated heterocycles. The molecule has 7 heteroatoms. The second kappa shape index (κ2) is 5.14. The van der Waals surface area contributed by atoms with Gasteiger partial charge in [-0.3, -0.25) is 4.99 Å². The Labute approximate surface area is 83.7 Å². The predicted octanol–water partition coefficient (Wildman–Crippen LogP) is 1.59. The molecule has 0 fully saturated rings. The second-order valence-electron chi connectivity index (χ2n) is 2.43. The first-order valence-electron chi connectivity index (χ1n) is 3.63. The van der Waals surface area contributed by atoms with Crippen LogP contribution in [0.2, 0.25) is 0 Å². The zero-order chi connectivity index (χ0) is 12.1. The molecule has 0 bridgehead atoms. The highest BCUT2D eigenvalue weighted by Crippen LogP contribution is 2.16. The van der Waals surface area contributed by atoms with E-state index in [1.807, 2.05) is 0 Å². The normalized spacial score (nSPS) is 12.5. The van der Waals surface area contributed by atoms with Gasteiger partial charge in [0, 0.05) is 0 Å². The number of nitrogens with zero attached hydrogens (tertiary/aromatic N) is 2. The van der Waals surface area contributed by atoms with E-state index >= 15 is 0 Å². The lowest BCUT2D eigenvalue weighted by atomic mass is 10.2. The minimum Gasteiger partial charge on any atom is -0.453 e. The molecule has 82 valence electrons. The summed E-state index contributed by atoms with van der Waals surface area (Å²) >= 11 is 0. The first kappa shape index (κ1) is 13.2. The van der Waals surface area contributed by atoms with Crippen molar-refractivity contribution in [3.05, 3.63) is 11.3 Å². The maximum absolute atomic E-state index is 11.7. The fraction of sp³-hybridized carbons (Fsp3) is 0.375. The molecular weight excluding hydrogens is 213 g/mol. The molecule has 0 saturated carbocycles. The number of hydrogen-bond donors (Lipinski definition) is 0. The van der Waals surface area contributed by atoms with Crippen LogP contribution in [0.3, 0.4) is 0 Å². The minimum atomic E-state index is -4.59. The van der Waals surface area contributed by atoms with Gasteiger partial charge in [-0.25, -0.2) is 4.79 Å². The van der Waals surface area contributed by atoms with Crippen molar-refractivity contribution >= 4 is 12.7 Å². The third-order valence-corrected chi connectivity index (χ3v) is 1.29. The average molecular weight is 220 g/mol. The summed E-state index contributed by atoms with van der Waals surface area (Å²) in [4.78, 5) is 14.1. The van der Waals surface area contributed by atoms with Gasteiger partial charge in [0.15, 0.2) is 6.61 Å². The van der Waals surface area contributed by atoms with Crippen LogP contribution in [-0.4, -0.2) is 25.5 Å². The Morgan fingerprint density at radius 2 is 2.13 bits per heavy atom. The molecule has 0 aromatic carbocycles. The molecule has 0 aliphatic heterocycles. The van der Waals surface area contributed by atoms with Gasteiger partial charge in [0.2, 0.25) is 0 Å². The molecule has 0 atom stereocenters. The highest BCUT2D eigenvalue weighted by molar-refractivity contribution is 5.89. The Hall–Kier alpha value is -1.84. The van der Waals surface area contributed by atoms with Crippen molar-refractivity contribution in [1.82, 2.24) is 0 Å². The Morgan fingerprint density at radius 1 is 1.60 bits per heavy atom. The molecule has 15 heavy (non-hydrogen) atoms. The van der Waals surface area contributed by atoms with E-state index in [1.165, 1.54) is 6.07 Å². The summed E-state index contributed by atoms with van der Waals surface area (Å²) < 4.78 is 38.8. The first-order valence-corrected chi connectivity index (χ1v) is 3.63. The molecule has 0 amide bonds. The number of alkyl halides is 3. The molecule has 0 aliphatic carbocycles. The molecule has 4 nitrogen and oxygen atoms in total. The van der Waals surface area contributed by atoms with E-state index in [0.29, 0.717) is 0 Å². The van der Waals surface area contributed by atoms with Crippen LogP contribution < -0.4 is 0 Å². The van der Waals surface area contributed by atoms with Crippen molar-refractivity contribution in [1.29, 1.82) is 5.26 Å². The summed E-state index contributed by atoms with van der Waals surface area (Å²) in [6.45, 7) is 2.42. The first-order chi connectivity index (χ1) is 6.81. The zero-order valence-electron chi connectivity index (χ0n) is 7.76. The van der Waals surface area contributed by atoms with Gasteiger partial charge >= 0.3 is 12.1 Å². The van der Waals surface area contributed by atoms with E-state index < -0.39 is 18.8 Å². The van der Waals surface area contributed by atoms with Gasteiger partial charge in [-0.15, -0.1) is 0 Å². The van der Waals surface area contributed by atoms with E-state index in [2.05, 4.69) is 16.4 Å². The fourth-order valence-corrected chi connectivity index (χ4v) is 0.590. The largest absolute Gasteiger partial charge is 0.453 e. The van der Waals surface area contributed by atoms with Gasteiger partial charge in [-0.2, -0.15) is 18.4 Å². The quantitative estimate of drug-likeness (QED) is 0.314. The highest BCUT2D eigenvalue weighted by Gasteiger charge is 2.30. The van der Waals surface area contributed by atoms with Gasteiger partial charge in [0.05, 0.1) is 5.57 Å². The van der Waals surface area contributed by atoms with Crippen molar-refractivity contribution in [3.8, 4) is 6.07 Å². The van der Waals surface area contributed by atoms with Gasteiger partial charge in [-0.1, -0.05) is 0 Å². The van der Waals surface area contributed by atoms with Crippen LogP contribution in [-0.2, 0) is 9.53 Å². The Balaban J connectivity index is 4.55. The number of hydrogen-bond acceptors (Lipinski definition) is 4. The zero-order valence-corrected chi connectivity index (χ0v) is 7.76. The fourth-order valence-electron chi connectivity index (χ4n) is 0.590. The molecule has 0 N–H and O–H groups in total. The summed E-state index contributed by atoms with van der Waals surface area (Å²) in [6.07, 6.45) is -4.59. The number of aliphatic imine (C=N–C) groups is 1. The standard InChI is InChI=1S/C8H7F3N2O2/c1-5(6(3-12)13-2)7(14)15-4-8(9,10)11/h2,4H2,1H3/b6-5+. The number of carbonyl (C=O) groups is 1. The smallest absolute Gasteiger partial charge is 0.422 e. The summed E-state index contributed by atoms with van der Waals surface area (Å²) in [5, 5.41) is 8.40. The molecule has 0 rings (SSSR count). The summed E-state index contributed by atoms with van der Waals surface area (Å²) in [7, 11) is 0. The number of halogens is 3. The number of carbonyl (C=O) groups excluding carboxylic acids is 1. The Morgan fingerprint density at radius 3 is 2.47 bits per heavy atom. The van der Waals surface area contributed by atoms with Crippen LogP contribution in [0.25, 0.3) is 0 Å². The SMILES string of the molecule is C=N/C(C#N)=C(\C)C(=O)OCC(F)(F)F. The topological polar surface area (TPSA) is 62.5 Å². The Bertz CT molecular complexity index is 339. The van der Waals surface area contributed by atoms with E-state index in [9.17, 15) is 18.0 Å². The van der Waals surface area contributed by atoms with Crippen LogP contribution >= 0.6 is 0 Å². The molecule has 0 aliphatic rings. The highest BCUT2D eigenvalue weighted by atomic mass is 19.4. The monoisotopic (exact) mass is 220 g/mol. The van der Waals surface area contributed by atoms with E-state index in [1.54, 1.807) is 0 Å². The van der Waals surface area contributed by atoms with Gasteiger partial charge in [-0.05, 0) is 13.6 Å². The number of rotatable bonds is 3. The maximum Gasteiger partial charge on any atom is 0.422 e. The van der Waals surface area contributed by atoms with Crippen LogP contribution in [0.4, 0.5) is 13.2 Å². The molecule has 0 unspecified atom stereocenters. The molecule has 0 radical (unpaired) electrons. The summed E-state index contributed by atoms with van der Waals surface area (Å²) in [5.41, 5.74) is -0.668. The third kappa shape index (κ3) is 4.81. The van der Waals surface area contributed by atoms with Gasteiger partial charge < -0.3 is 4.74 Å². The van der Waals surface area contributed by atoms with E-state index in [0.717, 1.165) is 6.92 Å². The van der Waals surface area contributed by atoms with E-state index in [4.69, 9.17) is 5.26 Å². The second-order valence-corrected chi connectivity index (χ2v) is 2.43. The Kier molecular flexibility index (Phi) is 4.51. The number of allylic oxidation sites excluding steroid dienone is 1. The number of ether oxygens (including phenoxy) is 1. The number of esters is 1. The lowest BCUT2D eigenvalue weighted by Crippen LogP contribution is -2.21. The van der Waals surface area contributed by atoms with Crippen molar-refractivity contribution in [2.24, 2.45) is 4.99 Å². The van der Waals surface area contributed by atoms with Crippen LogP contribution in [0, 0.1) is 11.3 Å². The summed E-state index contributed by atoms with van der Waals surface area (Å²) in [6, 6.07) is 1.50. The van der Waals surface area contributed by atoms with Crippen molar-refractivity contribution in [3.63, 3.8) is 0 Å². The predicted molar refractivity (Wildman–Crippen MR) is 44.9 cm³/mol. The lowest BCUT2D eigenvalue weighted by Gasteiger charge is -2.07. The van der Waals surface area contributed by atoms with Crippen molar-refractivity contribution < 1.29 is 22.7 Å². The average Bonchev–Trinajstić information content (AvgIpc) is 2.14.